The maximum Gasteiger partial charge on any atom is 0.272 e. The molecule has 0 bridgehead atoms. The second kappa shape index (κ2) is 7.21. The normalized spacial score (nSPS) is 12.7. The molecule has 0 amide bonds. The van der Waals surface area contributed by atoms with Crippen molar-refractivity contribution in [1.82, 2.24) is 5.32 Å². The minimum Gasteiger partial charge on any atom is -0.395 e. The van der Waals surface area contributed by atoms with Crippen LogP contribution < -0.4 is 5.32 Å². The van der Waals surface area contributed by atoms with Crippen molar-refractivity contribution in [3.8, 4) is 0 Å². The van der Waals surface area contributed by atoms with Crippen LogP contribution in [0.15, 0.2) is 18.2 Å². The van der Waals surface area contributed by atoms with E-state index in [9.17, 15) is 15.2 Å². The first kappa shape index (κ1) is 15.6. The molecule has 0 aliphatic heterocycles. The molecule has 19 heavy (non-hydrogen) atoms. The molecule has 0 spiro atoms. The number of nitrogens with one attached hydrogen (secondary N) is 1. The quantitative estimate of drug-likeness (QED) is 0.587. The van der Waals surface area contributed by atoms with Gasteiger partial charge in [0, 0.05) is 24.2 Å². The van der Waals surface area contributed by atoms with Crippen molar-refractivity contribution in [3.05, 3.63) is 39.4 Å². The van der Waals surface area contributed by atoms with Gasteiger partial charge in [0.15, 0.2) is 0 Å². The molecule has 106 valence electrons. The average Bonchev–Trinajstić information content (AvgIpc) is 2.35. The van der Waals surface area contributed by atoms with Crippen LogP contribution in [0.5, 0.6) is 0 Å². The molecule has 1 rings (SSSR count). The van der Waals surface area contributed by atoms with Crippen LogP contribution in [0.3, 0.4) is 0 Å². The van der Waals surface area contributed by atoms with Gasteiger partial charge in [0.05, 0.1) is 11.5 Å². The fourth-order valence-corrected chi connectivity index (χ4v) is 2.10. The van der Waals surface area contributed by atoms with Crippen molar-refractivity contribution >= 4 is 5.69 Å². The Morgan fingerprint density at radius 3 is 2.63 bits per heavy atom. The summed E-state index contributed by atoms with van der Waals surface area (Å²) in [6.45, 7) is 6.56. The van der Waals surface area contributed by atoms with E-state index in [1.807, 2.05) is 6.07 Å². The van der Waals surface area contributed by atoms with Crippen molar-refractivity contribution in [3.63, 3.8) is 0 Å². The number of nitrogens with zero attached hydrogens (tertiary/aromatic N) is 1. The van der Waals surface area contributed by atoms with Gasteiger partial charge >= 0.3 is 0 Å². The number of hydrogen-bond donors (Lipinski definition) is 2. The van der Waals surface area contributed by atoms with Gasteiger partial charge in [0.25, 0.3) is 5.69 Å². The van der Waals surface area contributed by atoms with Crippen molar-refractivity contribution in [2.24, 2.45) is 5.92 Å². The molecule has 0 radical (unpaired) electrons. The Morgan fingerprint density at radius 1 is 1.42 bits per heavy atom. The summed E-state index contributed by atoms with van der Waals surface area (Å²) in [7, 11) is 0. The van der Waals surface area contributed by atoms with E-state index in [0.717, 1.165) is 12.0 Å². The van der Waals surface area contributed by atoms with Gasteiger partial charge in [-0.15, -0.1) is 0 Å². The Labute approximate surface area is 113 Å². The topological polar surface area (TPSA) is 75.4 Å². The van der Waals surface area contributed by atoms with Crippen molar-refractivity contribution in [2.75, 3.05) is 6.61 Å². The number of aliphatic hydroxyl groups is 1. The highest BCUT2D eigenvalue weighted by atomic mass is 16.6. The second-order valence-electron chi connectivity index (χ2n) is 5.21. The standard InChI is InChI=1S/C14H22N2O3/c1-10(2)7-13(9-17)15-8-12-5-4-6-14(11(12)3)16(18)19/h4-6,10,13,15,17H,7-9H2,1-3H3. The first-order valence-electron chi connectivity index (χ1n) is 6.52. The third-order valence-corrected chi connectivity index (χ3v) is 3.17. The van der Waals surface area contributed by atoms with E-state index in [-0.39, 0.29) is 23.3 Å². The third kappa shape index (κ3) is 4.61. The molecule has 1 aromatic rings. The highest BCUT2D eigenvalue weighted by Crippen LogP contribution is 2.21. The van der Waals surface area contributed by atoms with Crippen LogP contribution in [0.4, 0.5) is 5.69 Å². The molecule has 5 nitrogen and oxygen atoms in total. The van der Waals surface area contributed by atoms with Gasteiger partial charge in [-0.25, -0.2) is 0 Å². The molecule has 0 aromatic heterocycles. The summed E-state index contributed by atoms with van der Waals surface area (Å²) in [5.74, 6) is 0.496. The molecular weight excluding hydrogens is 244 g/mol. The number of hydrogen-bond acceptors (Lipinski definition) is 4. The van der Waals surface area contributed by atoms with Crippen molar-refractivity contribution < 1.29 is 10.0 Å². The third-order valence-electron chi connectivity index (χ3n) is 3.17. The number of nitro benzene ring substituents is 1. The van der Waals surface area contributed by atoms with E-state index >= 15 is 0 Å². The molecule has 0 saturated heterocycles. The maximum atomic E-state index is 10.9. The molecule has 1 aromatic carbocycles. The van der Waals surface area contributed by atoms with Gasteiger partial charge in [-0.2, -0.15) is 0 Å². The molecule has 0 aliphatic carbocycles. The first-order chi connectivity index (χ1) is 8.95. The Morgan fingerprint density at radius 2 is 2.11 bits per heavy atom. The minimum absolute atomic E-state index is 0.0265. The number of nitro groups is 1. The molecule has 0 fully saturated rings. The zero-order chi connectivity index (χ0) is 14.4. The lowest BCUT2D eigenvalue weighted by Gasteiger charge is -2.18. The van der Waals surface area contributed by atoms with E-state index < -0.39 is 0 Å². The highest BCUT2D eigenvalue weighted by Gasteiger charge is 2.14. The van der Waals surface area contributed by atoms with Crippen LogP contribution in [-0.2, 0) is 6.54 Å². The average molecular weight is 266 g/mol. The monoisotopic (exact) mass is 266 g/mol. The van der Waals surface area contributed by atoms with Gasteiger partial charge in [-0.1, -0.05) is 26.0 Å². The van der Waals surface area contributed by atoms with Crippen molar-refractivity contribution in [2.45, 2.75) is 39.8 Å². The first-order valence-corrected chi connectivity index (χ1v) is 6.52. The molecule has 0 aliphatic rings. The van der Waals surface area contributed by atoms with Crippen LogP contribution in [0.25, 0.3) is 0 Å². The summed E-state index contributed by atoms with van der Waals surface area (Å²) < 4.78 is 0. The predicted octanol–water partition coefficient (Wildman–Crippen LogP) is 2.40. The summed E-state index contributed by atoms with van der Waals surface area (Å²) in [4.78, 5) is 10.5. The lowest BCUT2D eigenvalue weighted by molar-refractivity contribution is -0.385. The van der Waals surface area contributed by atoms with E-state index in [4.69, 9.17) is 0 Å². The maximum absolute atomic E-state index is 10.9. The number of benzene rings is 1. The van der Waals surface area contributed by atoms with E-state index in [1.54, 1.807) is 13.0 Å². The van der Waals surface area contributed by atoms with Crippen LogP contribution in [0, 0.1) is 23.0 Å². The Kier molecular flexibility index (Phi) is 5.92. The summed E-state index contributed by atoms with van der Waals surface area (Å²) in [5, 5.41) is 23.4. The second-order valence-corrected chi connectivity index (χ2v) is 5.21. The summed E-state index contributed by atoms with van der Waals surface area (Å²) in [6, 6.07) is 5.10. The molecule has 1 unspecified atom stereocenters. The largest absolute Gasteiger partial charge is 0.395 e. The fraction of sp³-hybridized carbons (Fsp3) is 0.571. The Bertz CT molecular complexity index is 433. The zero-order valence-corrected chi connectivity index (χ0v) is 11.7. The summed E-state index contributed by atoms with van der Waals surface area (Å²) in [6.07, 6.45) is 0.879. The molecule has 0 saturated carbocycles. The molecule has 5 heteroatoms. The smallest absolute Gasteiger partial charge is 0.272 e. The highest BCUT2D eigenvalue weighted by molar-refractivity contribution is 5.44. The molecule has 0 heterocycles. The molecular formula is C14H22N2O3. The zero-order valence-electron chi connectivity index (χ0n) is 11.7. The van der Waals surface area contributed by atoms with Crippen LogP contribution in [0.1, 0.15) is 31.4 Å². The van der Waals surface area contributed by atoms with Crippen molar-refractivity contribution in [1.29, 1.82) is 0 Å². The SMILES string of the molecule is Cc1c(CNC(CO)CC(C)C)cccc1[N+](=O)[O-]. The van der Waals surface area contributed by atoms with Gasteiger partial charge in [0.1, 0.15) is 0 Å². The number of aliphatic hydroxyl groups excluding tert-OH is 1. The Hall–Kier alpha value is -1.46. The molecule has 2 N–H and O–H groups in total. The molecule has 1 atom stereocenters. The Balaban J connectivity index is 2.72. The predicted molar refractivity (Wildman–Crippen MR) is 75.0 cm³/mol. The van der Waals surface area contributed by atoms with E-state index in [2.05, 4.69) is 19.2 Å². The van der Waals surface area contributed by atoms with E-state index in [0.29, 0.717) is 18.0 Å². The number of rotatable bonds is 7. The minimum atomic E-state index is -0.365. The van der Waals surface area contributed by atoms with E-state index in [1.165, 1.54) is 6.07 Å². The van der Waals surface area contributed by atoms with Gasteiger partial charge < -0.3 is 10.4 Å². The van der Waals surface area contributed by atoms with Crippen LogP contribution in [-0.4, -0.2) is 22.7 Å². The lowest BCUT2D eigenvalue weighted by atomic mass is 10.0. The van der Waals surface area contributed by atoms with Gasteiger partial charge in [-0.05, 0) is 24.8 Å². The van der Waals surface area contributed by atoms with Gasteiger partial charge in [-0.3, -0.25) is 10.1 Å². The van der Waals surface area contributed by atoms with Crippen LogP contribution >= 0.6 is 0 Å². The van der Waals surface area contributed by atoms with Gasteiger partial charge in [0.2, 0.25) is 0 Å². The fourth-order valence-electron chi connectivity index (χ4n) is 2.10. The van der Waals surface area contributed by atoms with Crippen LogP contribution in [0.2, 0.25) is 0 Å². The summed E-state index contributed by atoms with van der Waals surface area (Å²) in [5.41, 5.74) is 1.72. The lowest BCUT2D eigenvalue weighted by Crippen LogP contribution is -2.33. The summed E-state index contributed by atoms with van der Waals surface area (Å²) >= 11 is 0.